The minimum absolute atomic E-state index is 0.0995. The molecule has 0 fully saturated rings. The molecule has 0 atom stereocenters. The predicted octanol–water partition coefficient (Wildman–Crippen LogP) is 4.48. The zero-order valence-corrected chi connectivity index (χ0v) is 14.3. The molecule has 20 heavy (non-hydrogen) atoms. The third-order valence-electron chi connectivity index (χ3n) is 2.70. The van der Waals surface area contributed by atoms with Gasteiger partial charge in [-0.1, -0.05) is 11.6 Å². The van der Waals surface area contributed by atoms with Gasteiger partial charge in [0, 0.05) is 31.2 Å². The average Bonchev–Trinajstić information content (AvgIpc) is 2.82. The summed E-state index contributed by atoms with van der Waals surface area (Å²) >= 11 is 11.2. The molecule has 3 nitrogen and oxygen atoms in total. The van der Waals surface area contributed by atoms with Gasteiger partial charge in [-0.25, -0.2) is 0 Å². The Kier molecular flexibility index (Phi) is 5.07. The minimum atomic E-state index is -0.0995. The number of hydrogen-bond acceptors (Lipinski definition) is 3. The van der Waals surface area contributed by atoms with Crippen LogP contribution in [-0.4, -0.2) is 24.9 Å². The molecule has 1 N–H and O–H groups in total. The molecular formula is C14H14BrClN2OS. The lowest BCUT2D eigenvalue weighted by molar-refractivity contribution is 0.0828. The molecule has 0 saturated carbocycles. The second kappa shape index (κ2) is 6.61. The van der Waals surface area contributed by atoms with Gasteiger partial charge >= 0.3 is 0 Å². The molecule has 0 bridgehead atoms. The SMILES string of the molecule is CN(C)C(=O)c1cc(NCc2ccc(Br)s2)ccc1Cl. The maximum absolute atomic E-state index is 12.0. The lowest BCUT2D eigenvalue weighted by Crippen LogP contribution is -2.22. The normalized spacial score (nSPS) is 10.4. The van der Waals surface area contributed by atoms with Gasteiger partial charge in [-0.3, -0.25) is 4.79 Å². The Balaban J connectivity index is 2.13. The van der Waals surface area contributed by atoms with Crippen molar-refractivity contribution in [1.82, 2.24) is 4.90 Å². The van der Waals surface area contributed by atoms with Gasteiger partial charge in [-0.05, 0) is 46.3 Å². The van der Waals surface area contributed by atoms with Crippen molar-refractivity contribution in [1.29, 1.82) is 0 Å². The van der Waals surface area contributed by atoms with E-state index in [2.05, 4.69) is 27.3 Å². The average molecular weight is 374 g/mol. The highest BCUT2D eigenvalue weighted by molar-refractivity contribution is 9.11. The first-order valence-corrected chi connectivity index (χ1v) is 7.95. The topological polar surface area (TPSA) is 32.3 Å². The van der Waals surface area contributed by atoms with Crippen LogP contribution in [0.2, 0.25) is 5.02 Å². The van der Waals surface area contributed by atoms with Crippen molar-refractivity contribution in [3.05, 3.63) is 49.6 Å². The fourth-order valence-electron chi connectivity index (χ4n) is 1.68. The van der Waals surface area contributed by atoms with E-state index in [0.29, 0.717) is 17.1 Å². The van der Waals surface area contributed by atoms with E-state index in [1.807, 2.05) is 12.1 Å². The van der Waals surface area contributed by atoms with Crippen LogP contribution in [0.25, 0.3) is 0 Å². The summed E-state index contributed by atoms with van der Waals surface area (Å²) in [6.07, 6.45) is 0. The van der Waals surface area contributed by atoms with E-state index in [1.165, 1.54) is 9.78 Å². The van der Waals surface area contributed by atoms with Gasteiger partial charge in [-0.2, -0.15) is 0 Å². The number of rotatable bonds is 4. The number of halogens is 2. The second-order valence-electron chi connectivity index (χ2n) is 4.45. The Morgan fingerprint density at radius 3 is 2.70 bits per heavy atom. The molecule has 2 rings (SSSR count). The Morgan fingerprint density at radius 2 is 2.10 bits per heavy atom. The molecule has 1 heterocycles. The maximum Gasteiger partial charge on any atom is 0.254 e. The molecule has 0 saturated heterocycles. The number of amides is 1. The fourth-order valence-corrected chi connectivity index (χ4v) is 3.30. The summed E-state index contributed by atoms with van der Waals surface area (Å²) in [6, 6.07) is 9.48. The van der Waals surface area contributed by atoms with Crippen molar-refractivity contribution in [3.63, 3.8) is 0 Å². The highest BCUT2D eigenvalue weighted by Gasteiger charge is 2.13. The van der Waals surface area contributed by atoms with E-state index < -0.39 is 0 Å². The van der Waals surface area contributed by atoms with Crippen LogP contribution in [0, 0.1) is 0 Å². The first-order chi connectivity index (χ1) is 9.47. The van der Waals surface area contributed by atoms with Gasteiger partial charge in [0.05, 0.1) is 14.4 Å². The molecule has 1 amide bonds. The number of carbonyl (C=O) groups excluding carboxylic acids is 1. The molecule has 6 heteroatoms. The quantitative estimate of drug-likeness (QED) is 0.857. The highest BCUT2D eigenvalue weighted by atomic mass is 79.9. The molecule has 0 aliphatic heterocycles. The second-order valence-corrected chi connectivity index (χ2v) is 7.41. The third kappa shape index (κ3) is 3.75. The van der Waals surface area contributed by atoms with Gasteiger partial charge in [0.25, 0.3) is 5.91 Å². The van der Waals surface area contributed by atoms with Crippen LogP contribution in [-0.2, 0) is 6.54 Å². The monoisotopic (exact) mass is 372 g/mol. The Labute approximate surface area is 135 Å². The Hall–Kier alpha value is -1.04. The lowest BCUT2D eigenvalue weighted by Gasteiger charge is -2.13. The number of nitrogens with one attached hydrogen (secondary N) is 1. The third-order valence-corrected chi connectivity index (χ3v) is 4.65. The summed E-state index contributed by atoms with van der Waals surface area (Å²) in [5, 5.41) is 3.76. The number of carbonyl (C=O) groups is 1. The fraction of sp³-hybridized carbons (Fsp3) is 0.214. The largest absolute Gasteiger partial charge is 0.380 e. The van der Waals surface area contributed by atoms with E-state index in [1.54, 1.807) is 37.6 Å². The molecule has 1 aromatic heterocycles. The van der Waals surface area contributed by atoms with Crippen LogP contribution in [0.5, 0.6) is 0 Å². The number of thiophene rings is 1. The smallest absolute Gasteiger partial charge is 0.254 e. The van der Waals surface area contributed by atoms with E-state index in [4.69, 9.17) is 11.6 Å². The first-order valence-electron chi connectivity index (χ1n) is 5.96. The van der Waals surface area contributed by atoms with E-state index in [9.17, 15) is 4.79 Å². The van der Waals surface area contributed by atoms with Crippen LogP contribution < -0.4 is 5.32 Å². The van der Waals surface area contributed by atoms with Crippen molar-refractivity contribution >= 4 is 50.5 Å². The van der Waals surface area contributed by atoms with Gasteiger partial charge in [0.15, 0.2) is 0 Å². The summed E-state index contributed by atoms with van der Waals surface area (Å²) in [4.78, 5) is 14.7. The lowest BCUT2D eigenvalue weighted by atomic mass is 10.1. The van der Waals surface area contributed by atoms with E-state index in [0.717, 1.165) is 9.47 Å². The van der Waals surface area contributed by atoms with Crippen molar-refractivity contribution in [2.24, 2.45) is 0 Å². The Morgan fingerprint density at radius 1 is 1.35 bits per heavy atom. The predicted molar refractivity (Wildman–Crippen MR) is 88.8 cm³/mol. The molecule has 0 unspecified atom stereocenters. The van der Waals surface area contributed by atoms with Gasteiger partial charge in [-0.15, -0.1) is 11.3 Å². The first kappa shape index (κ1) is 15.4. The molecule has 2 aromatic rings. The zero-order chi connectivity index (χ0) is 14.7. The molecule has 0 aliphatic rings. The van der Waals surface area contributed by atoms with Gasteiger partial charge in [0.1, 0.15) is 0 Å². The highest BCUT2D eigenvalue weighted by Crippen LogP contribution is 2.25. The van der Waals surface area contributed by atoms with Crippen LogP contribution in [0.3, 0.4) is 0 Å². The summed E-state index contributed by atoms with van der Waals surface area (Å²) in [5.41, 5.74) is 1.39. The summed E-state index contributed by atoms with van der Waals surface area (Å²) in [6.45, 7) is 0.716. The van der Waals surface area contributed by atoms with Crippen molar-refractivity contribution in [3.8, 4) is 0 Å². The molecule has 106 valence electrons. The molecule has 1 aromatic carbocycles. The number of anilines is 1. The van der Waals surface area contributed by atoms with E-state index >= 15 is 0 Å². The number of nitrogens with zero attached hydrogens (tertiary/aromatic N) is 1. The van der Waals surface area contributed by atoms with Crippen molar-refractivity contribution < 1.29 is 4.79 Å². The van der Waals surface area contributed by atoms with Crippen molar-refractivity contribution in [2.75, 3.05) is 19.4 Å². The molecule has 0 spiro atoms. The number of hydrogen-bond donors (Lipinski definition) is 1. The van der Waals surface area contributed by atoms with Gasteiger partial charge in [0.2, 0.25) is 0 Å². The molecule has 0 radical (unpaired) electrons. The summed E-state index contributed by atoms with van der Waals surface area (Å²) < 4.78 is 1.11. The van der Waals surface area contributed by atoms with Gasteiger partial charge < -0.3 is 10.2 Å². The zero-order valence-electron chi connectivity index (χ0n) is 11.1. The van der Waals surface area contributed by atoms with Crippen molar-refractivity contribution in [2.45, 2.75) is 6.54 Å². The van der Waals surface area contributed by atoms with Crippen LogP contribution in [0.4, 0.5) is 5.69 Å². The molecule has 0 aliphatic carbocycles. The van der Waals surface area contributed by atoms with Crippen LogP contribution >= 0.6 is 38.9 Å². The maximum atomic E-state index is 12.0. The standard InChI is InChI=1S/C14H14BrClN2OS/c1-18(2)14(19)11-7-9(3-5-12(11)16)17-8-10-4-6-13(15)20-10/h3-7,17H,8H2,1-2H3. The Bertz CT molecular complexity index is 627. The van der Waals surface area contributed by atoms with Crippen LogP contribution in [0.1, 0.15) is 15.2 Å². The summed E-state index contributed by atoms with van der Waals surface area (Å²) in [5.74, 6) is -0.0995. The molecular weight excluding hydrogens is 360 g/mol. The number of benzene rings is 1. The van der Waals surface area contributed by atoms with E-state index in [-0.39, 0.29) is 5.91 Å². The summed E-state index contributed by atoms with van der Waals surface area (Å²) in [7, 11) is 3.42. The minimum Gasteiger partial charge on any atom is -0.380 e. The van der Waals surface area contributed by atoms with Crippen LogP contribution in [0.15, 0.2) is 34.1 Å².